The summed E-state index contributed by atoms with van der Waals surface area (Å²) in [5, 5.41) is 0.531. The molecular formula is C19H23ClN2O3S. The molecule has 0 atom stereocenters. The summed E-state index contributed by atoms with van der Waals surface area (Å²) in [5.41, 5.74) is 2.31. The van der Waals surface area contributed by atoms with Crippen LogP contribution in [-0.4, -0.2) is 50.9 Å². The fourth-order valence-corrected chi connectivity index (χ4v) is 4.73. The van der Waals surface area contributed by atoms with Crippen LogP contribution in [0.25, 0.3) is 0 Å². The van der Waals surface area contributed by atoms with E-state index < -0.39 is 10.0 Å². The zero-order chi connectivity index (χ0) is 18.7. The summed E-state index contributed by atoms with van der Waals surface area (Å²) in [4.78, 5) is 2.57. The average molecular weight is 395 g/mol. The Hall–Kier alpha value is -1.60. The SMILES string of the molecule is COc1ccc(CN2CCN(S(=O)(=O)c3ccc(Cl)cc3)CC2)cc1C. The van der Waals surface area contributed by atoms with Gasteiger partial charge >= 0.3 is 0 Å². The van der Waals surface area contributed by atoms with Crippen molar-refractivity contribution < 1.29 is 13.2 Å². The summed E-state index contributed by atoms with van der Waals surface area (Å²) in [6.07, 6.45) is 0. The van der Waals surface area contributed by atoms with Crippen molar-refractivity contribution in [3.63, 3.8) is 0 Å². The highest BCUT2D eigenvalue weighted by Gasteiger charge is 2.28. The Morgan fingerprint density at radius 3 is 2.27 bits per heavy atom. The van der Waals surface area contributed by atoms with E-state index in [2.05, 4.69) is 17.0 Å². The van der Waals surface area contributed by atoms with Gasteiger partial charge in [0.05, 0.1) is 12.0 Å². The van der Waals surface area contributed by atoms with Crippen LogP contribution in [0.4, 0.5) is 0 Å². The van der Waals surface area contributed by atoms with Crippen molar-refractivity contribution in [1.29, 1.82) is 0 Å². The van der Waals surface area contributed by atoms with Crippen LogP contribution in [0.5, 0.6) is 5.75 Å². The van der Waals surface area contributed by atoms with Gasteiger partial charge in [-0.25, -0.2) is 8.42 Å². The number of hydrogen-bond acceptors (Lipinski definition) is 4. The molecule has 5 nitrogen and oxygen atoms in total. The number of rotatable bonds is 5. The molecule has 7 heteroatoms. The molecule has 2 aromatic carbocycles. The molecule has 0 aromatic heterocycles. The van der Waals surface area contributed by atoms with E-state index in [1.54, 1.807) is 35.7 Å². The third kappa shape index (κ3) is 4.20. The highest BCUT2D eigenvalue weighted by molar-refractivity contribution is 7.89. The van der Waals surface area contributed by atoms with Crippen molar-refractivity contribution in [3.8, 4) is 5.75 Å². The van der Waals surface area contributed by atoms with Crippen LogP contribution < -0.4 is 4.74 Å². The molecule has 26 heavy (non-hydrogen) atoms. The quantitative estimate of drug-likeness (QED) is 0.781. The van der Waals surface area contributed by atoms with Crippen molar-refractivity contribution in [2.75, 3.05) is 33.3 Å². The Labute approximate surface area is 160 Å². The molecule has 140 valence electrons. The topological polar surface area (TPSA) is 49.9 Å². The van der Waals surface area contributed by atoms with Gasteiger partial charge in [0.25, 0.3) is 0 Å². The number of methoxy groups -OCH3 is 1. The fourth-order valence-electron chi connectivity index (χ4n) is 3.18. The molecule has 2 aromatic rings. The van der Waals surface area contributed by atoms with Crippen LogP contribution in [-0.2, 0) is 16.6 Å². The maximum absolute atomic E-state index is 12.7. The minimum atomic E-state index is -3.46. The highest BCUT2D eigenvalue weighted by atomic mass is 35.5. The molecule has 1 aliphatic rings. The number of ether oxygens (including phenoxy) is 1. The second-order valence-electron chi connectivity index (χ2n) is 6.44. The van der Waals surface area contributed by atoms with Gasteiger partial charge in [-0.1, -0.05) is 23.7 Å². The lowest BCUT2D eigenvalue weighted by molar-refractivity contribution is 0.181. The molecule has 0 unspecified atom stereocenters. The number of nitrogens with zero attached hydrogens (tertiary/aromatic N) is 2. The molecule has 0 radical (unpaired) electrons. The molecule has 0 aliphatic carbocycles. The van der Waals surface area contributed by atoms with Crippen LogP contribution >= 0.6 is 11.6 Å². The number of benzene rings is 2. The first-order valence-electron chi connectivity index (χ1n) is 8.52. The van der Waals surface area contributed by atoms with E-state index in [0.717, 1.165) is 17.9 Å². The first-order valence-corrected chi connectivity index (χ1v) is 10.3. The second kappa shape index (κ2) is 7.96. The Morgan fingerprint density at radius 2 is 1.69 bits per heavy atom. The Kier molecular flexibility index (Phi) is 5.87. The molecule has 1 fully saturated rings. The van der Waals surface area contributed by atoms with Crippen LogP contribution in [0.1, 0.15) is 11.1 Å². The van der Waals surface area contributed by atoms with E-state index in [-0.39, 0.29) is 0 Å². The van der Waals surface area contributed by atoms with Crippen LogP contribution in [0.2, 0.25) is 5.02 Å². The molecule has 1 aliphatic heterocycles. The molecule has 0 saturated carbocycles. The van der Waals surface area contributed by atoms with Crippen molar-refractivity contribution in [2.45, 2.75) is 18.4 Å². The van der Waals surface area contributed by atoms with E-state index in [9.17, 15) is 8.42 Å². The van der Waals surface area contributed by atoms with Gasteiger partial charge in [0.1, 0.15) is 5.75 Å². The van der Waals surface area contributed by atoms with Crippen LogP contribution in [0.15, 0.2) is 47.4 Å². The normalized spacial score (nSPS) is 16.6. The Balaban J connectivity index is 1.62. The molecular weight excluding hydrogens is 372 g/mol. The minimum absolute atomic E-state index is 0.293. The van der Waals surface area contributed by atoms with Crippen LogP contribution in [0, 0.1) is 6.92 Å². The fraction of sp³-hybridized carbons (Fsp3) is 0.368. The van der Waals surface area contributed by atoms with Gasteiger partial charge in [0.15, 0.2) is 0 Å². The lowest BCUT2D eigenvalue weighted by Crippen LogP contribution is -2.48. The average Bonchev–Trinajstić information content (AvgIpc) is 2.63. The minimum Gasteiger partial charge on any atom is -0.496 e. The van der Waals surface area contributed by atoms with E-state index in [0.29, 0.717) is 36.1 Å². The zero-order valence-corrected chi connectivity index (χ0v) is 16.6. The van der Waals surface area contributed by atoms with Gasteiger partial charge in [-0.05, 0) is 48.4 Å². The first-order chi connectivity index (χ1) is 12.4. The second-order valence-corrected chi connectivity index (χ2v) is 8.81. The van der Waals surface area contributed by atoms with Gasteiger partial charge in [-0.15, -0.1) is 0 Å². The summed E-state index contributed by atoms with van der Waals surface area (Å²) in [5.74, 6) is 0.882. The Bertz CT molecular complexity index is 861. The van der Waals surface area contributed by atoms with Crippen molar-refractivity contribution in [1.82, 2.24) is 9.21 Å². The van der Waals surface area contributed by atoms with Crippen LogP contribution in [0.3, 0.4) is 0 Å². The largest absolute Gasteiger partial charge is 0.496 e. The summed E-state index contributed by atoms with van der Waals surface area (Å²) in [6.45, 7) is 5.22. The number of piperazine rings is 1. The summed E-state index contributed by atoms with van der Waals surface area (Å²) in [7, 11) is -1.79. The monoisotopic (exact) mass is 394 g/mol. The predicted octanol–water partition coefficient (Wildman–Crippen LogP) is 3.16. The molecule has 0 spiro atoms. The molecule has 1 heterocycles. The third-order valence-electron chi connectivity index (χ3n) is 4.65. The van der Waals surface area contributed by atoms with E-state index in [1.807, 2.05) is 13.0 Å². The van der Waals surface area contributed by atoms with E-state index >= 15 is 0 Å². The summed E-state index contributed by atoms with van der Waals surface area (Å²) >= 11 is 5.85. The predicted molar refractivity (Wildman–Crippen MR) is 103 cm³/mol. The molecule has 0 N–H and O–H groups in total. The van der Waals surface area contributed by atoms with Gasteiger partial charge < -0.3 is 4.74 Å². The van der Waals surface area contributed by atoms with Gasteiger partial charge in [-0.3, -0.25) is 4.90 Å². The number of hydrogen-bond donors (Lipinski definition) is 0. The van der Waals surface area contributed by atoms with Gasteiger partial charge in [-0.2, -0.15) is 4.31 Å². The number of aryl methyl sites for hydroxylation is 1. The Morgan fingerprint density at radius 1 is 1.04 bits per heavy atom. The van der Waals surface area contributed by atoms with Crippen molar-refractivity contribution in [2.24, 2.45) is 0 Å². The smallest absolute Gasteiger partial charge is 0.243 e. The maximum Gasteiger partial charge on any atom is 0.243 e. The van der Waals surface area contributed by atoms with Gasteiger partial charge in [0.2, 0.25) is 10.0 Å². The molecule has 1 saturated heterocycles. The lowest BCUT2D eigenvalue weighted by Gasteiger charge is -2.34. The zero-order valence-electron chi connectivity index (χ0n) is 15.0. The van der Waals surface area contributed by atoms with Gasteiger partial charge in [0, 0.05) is 37.7 Å². The van der Waals surface area contributed by atoms with E-state index in [4.69, 9.17) is 16.3 Å². The third-order valence-corrected chi connectivity index (χ3v) is 6.81. The summed E-state index contributed by atoms with van der Waals surface area (Å²) in [6, 6.07) is 12.5. The number of halogens is 1. The van der Waals surface area contributed by atoms with Crippen molar-refractivity contribution in [3.05, 3.63) is 58.6 Å². The number of sulfonamides is 1. The lowest BCUT2D eigenvalue weighted by atomic mass is 10.1. The molecule has 3 rings (SSSR count). The molecule has 0 amide bonds. The summed E-state index contributed by atoms with van der Waals surface area (Å²) < 4.78 is 32.3. The standard InChI is InChI=1S/C19H23ClN2O3S/c1-15-13-16(3-8-19(15)25-2)14-21-9-11-22(12-10-21)26(23,24)18-6-4-17(20)5-7-18/h3-8,13H,9-12,14H2,1-2H3. The molecule has 0 bridgehead atoms. The first kappa shape index (κ1) is 19.2. The van der Waals surface area contributed by atoms with E-state index in [1.165, 1.54) is 5.56 Å². The maximum atomic E-state index is 12.7. The van der Waals surface area contributed by atoms with Crippen molar-refractivity contribution >= 4 is 21.6 Å². The highest BCUT2D eigenvalue weighted by Crippen LogP contribution is 2.22.